The van der Waals surface area contributed by atoms with Crippen molar-refractivity contribution in [2.45, 2.75) is 32.5 Å². The summed E-state index contributed by atoms with van der Waals surface area (Å²) >= 11 is 0. The van der Waals surface area contributed by atoms with Crippen LogP contribution in [0.5, 0.6) is 5.75 Å². The smallest absolute Gasteiger partial charge is 0.416 e. The number of aromatic amines is 1. The fraction of sp³-hybridized carbons (Fsp3) is 0.526. The van der Waals surface area contributed by atoms with Gasteiger partial charge in [-0.2, -0.15) is 18.3 Å². The van der Waals surface area contributed by atoms with E-state index < -0.39 is 11.7 Å². The topological polar surface area (TPSA) is 50.4 Å². The fourth-order valence-corrected chi connectivity index (χ4v) is 2.81. The minimum atomic E-state index is -4.45. The summed E-state index contributed by atoms with van der Waals surface area (Å²) in [6.45, 7) is 4.30. The van der Waals surface area contributed by atoms with Crippen LogP contribution in [0.4, 0.5) is 13.2 Å². The third kappa shape index (κ3) is 6.25. The molecule has 2 rings (SSSR count). The third-order valence-corrected chi connectivity index (χ3v) is 4.06. The summed E-state index contributed by atoms with van der Waals surface area (Å²) in [4.78, 5) is 2.09. The van der Waals surface area contributed by atoms with Gasteiger partial charge in [0.15, 0.2) is 0 Å². The highest BCUT2D eigenvalue weighted by Crippen LogP contribution is 2.36. The van der Waals surface area contributed by atoms with E-state index in [1.807, 2.05) is 7.05 Å². The van der Waals surface area contributed by atoms with Gasteiger partial charge in [-0.15, -0.1) is 0 Å². The molecule has 8 heteroatoms. The number of methoxy groups -OCH3 is 1. The molecule has 0 aliphatic carbocycles. The van der Waals surface area contributed by atoms with Crippen molar-refractivity contribution in [3.05, 3.63) is 35.7 Å². The number of nitrogens with one attached hydrogen (secondary N) is 1. The van der Waals surface area contributed by atoms with Crippen molar-refractivity contribution in [1.82, 2.24) is 15.1 Å². The predicted octanol–water partition coefficient (Wildman–Crippen LogP) is 4.35. The van der Waals surface area contributed by atoms with E-state index in [1.54, 1.807) is 19.4 Å². The van der Waals surface area contributed by atoms with Crippen molar-refractivity contribution in [3.8, 4) is 16.9 Å². The molecule has 5 nitrogen and oxygen atoms in total. The van der Waals surface area contributed by atoms with Crippen molar-refractivity contribution in [2.24, 2.45) is 0 Å². The molecule has 0 saturated heterocycles. The zero-order valence-corrected chi connectivity index (χ0v) is 15.9. The summed E-state index contributed by atoms with van der Waals surface area (Å²) < 4.78 is 50.5. The molecule has 27 heavy (non-hydrogen) atoms. The van der Waals surface area contributed by atoms with Crippen molar-refractivity contribution < 1.29 is 22.6 Å². The minimum absolute atomic E-state index is 0.185. The highest BCUT2D eigenvalue weighted by atomic mass is 19.4. The van der Waals surface area contributed by atoms with Gasteiger partial charge in [0.2, 0.25) is 0 Å². The van der Waals surface area contributed by atoms with E-state index >= 15 is 0 Å². The van der Waals surface area contributed by atoms with E-state index in [4.69, 9.17) is 9.47 Å². The summed E-state index contributed by atoms with van der Waals surface area (Å²) in [7, 11) is 3.53. The molecule has 0 radical (unpaired) electrons. The molecule has 2 aromatic rings. The Morgan fingerprint density at radius 1 is 1.19 bits per heavy atom. The Bertz CT molecular complexity index is 716. The van der Waals surface area contributed by atoms with Crippen LogP contribution in [0, 0.1) is 0 Å². The predicted molar refractivity (Wildman–Crippen MR) is 97.6 cm³/mol. The monoisotopic (exact) mass is 385 g/mol. The zero-order chi connectivity index (χ0) is 19.9. The lowest BCUT2D eigenvalue weighted by molar-refractivity contribution is -0.137. The fourth-order valence-electron chi connectivity index (χ4n) is 2.81. The molecule has 1 aromatic carbocycles. The third-order valence-electron chi connectivity index (χ3n) is 4.06. The Morgan fingerprint density at radius 3 is 2.63 bits per heavy atom. The highest BCUT2D eigenvalue weighted by Gasteiger charge is 2.32. The number of H-pyrrole nitrogens is 1. The lowest BCUT2D eigenvalue weighted by Crippen LogP contribution is -2.19. The Labute approximate surface area is 157 Å². The molecule has 0 aliphatic rings. The molecule has 150 valence electrons. The second-order valence-electron chi connectivity index (χ2n) is 6.44. The van der Waals surface area contributed by atoms with Crippen molar-refractivity contribution in [2.75, 3.05) is 33.9 Å². The van der Waals surface area contributed by atoms with Gasteiger partial charge in [-0.25, -0.2) is 0 Å². The van der Waals surface area contributed by atoms with Crippen LogP contribution in [-0.2, 0) is 17.5 Å². The molecular formula is C19H26F3N3O2. The first-order chi connectivity index (χ1) is 12.8. The Morgan fingerprint density at radius 2 is 1.96 bits per heavy atom. The number of halogens is 3. The van der Waals surface area contributed by atoms with E-state index in [0.717, 1.165) is 30.8 Å². The van der Waals surface area contributed by atoms with Crippen LogP contribution < -0.4 is 4.74 Å². The molecular weight excluding hydrogens is 359 g/mol. The molecule has 0 atom stereocenters. The lowest BCUT2D eigenvalue weighted by atomic mass is 10.0. The second-order valence-corrected chi connectivity index (χ2v) is 6.44. The summed E-state index contributed by atoms with van der Waals surface area (Å²) in [5.74, 6) is 0.185. The van der Waals surface area contributed by atoms with Crippen molar-refractivity contribution in [1.29, 1.82) is 0 Å². The number of rotatable bonds is 10. The van der Waals surface area contributed by atoms with E-state index in [0.29, 0.717) is 30.7 Å². The quantitative estimate of drug-likeness (QED) is 0.618. The first-order valence-electron chi connectivity index (χ1n) is 8.90. The number of hydrogen-bond donors (Lipinski definition) is 1. The summed E-state index contributed by atoms with van der Waals surface area (Å²) in [5.41, 5.74) is 1.11. The maximum absolute atomic E-state index is 13.3. The highest BCUT2D eigenvalue weighted by molar-refractivity contribution is 5.68. The van der Waals surface area contributed by atoms with E-state index in [2.05, 4.69) is 22.0 Å². The maximum atomic E-state index is 13.3. The number of benzene rings is 1. The van der Waals surface area contributed by atoms with Crippen LogP contribution in [0.25, 0.3) is 11.1 Å². The van der Waals surface area contributed by atoms with Gasteiger partial charge in [-0.05, 0) is 43.8 Å². The molecule has 0 spiro atoms. The molecule has 1 aromatic heterocycles. The molecule has 0 saturated carbocycles. The van der Waals surface area contributed by atoms with Crippen LogP contribution in [0.15, 0.2) is 24.4 Å². The molecule has 1 heterocycles. The minimum Gasteiger partial charge on any atom is -0.493 e. The van der Waals surface area contributed by atoms with Crippen LogP contribution in [0.3, 0.4) is 0 Å². The number of alkyl halides is 3. The molecule has 0 aliphatic heterocycles. The van der Waals surface area contributed by atoms with Gasteiger partial charge in [0.05, 0.1) is 24.1 Å². The first-order valence-corrected chi connectivity index (χ1v) is 8.90. The molecule has 0 bridgehead atoms. The van der Waals surface area contributed by atoms with E-state index in [1.165, 1.54) is 0 Å². The summed E-state index contributed by atoms with van der Waals surface area (Å²) in [6, 6.07) is 3.78. The van der Waals surface area contributed by atoms with Crippen LogP contribution in [0.1, 0.15) is 31.0 Å². The van der Waals surface area contributed by atoms with Gasteiger partial charge in [0, 0.05) is 32.2 Å². The summed E-state index contributed by atoms with van der Waals surface area (Å²) in [5, 5.41) is 6.93. The van der Waals surface area contributed by atoms with Crippen molar-refractivity contribution >= 4 is 0 Å². The zero-order valence-electron chi connectivity index (χ0n) is 15.9. The van der Waals surface area contributed by atoms with Crippen molar-refractivity contribution in [3.63, 3.8) is 0 Å². The first kappa shape index (κ1) is 21.2. The van der Waals surface area contributed by atoms with Gasteiger partial charge in [0.1, 0.15) is 5.75 Å². The van der Waals surface area contributed by atoms with E-state index in [-0.39, 0.29) is 12.4 Å². The number of hydrogen-bond acceptors (Lipinski definition) is 4. The SMILES string of the molecule is CCCN(C)Cc1[nH]ncc1-c1cc(OCCCOC)cc(C(F)(F)F)c1. The maximum Gasteiger partial charge on any atom is 0.416 e. The molecule has 1 N–H and O–H groups in total. The Kier molecular flexibility index (Phi) is 7.67. The molecule has 0 fully saturated rings. The number of aromatic nitrogens is 2. The Hall–Kier alpha value is -2.06. The van der Waals surface area contributed by atoms with Gasteiger partial charge < -0.3 is 14.4 Å². The summed E-state index contributed by atoms with van der Waals surface area (Å²) in [6.07, 6.45) is -1.31. The average molecular weight is 385 g/mol. The Balaban J connectivity index is 2.31. The van der Waals surface area contributed by atoms with Gasteiger partial charge in [0.25, 0.3) is 0 Å². The molecule has 0 amide bonds. The van der Waals surface area contributed by atoms with Crippen LogP contribution in [-0.4, -0.2) is 49.0 Å². The molecule has 0 unspecified atom stereocenters. The normalized spacial score (nSPS) is 12.0. The number of ether oxygens (including phenoxy) is 2. The van der Waals surface area contributed by atoms with Gasteiger partial charge in [-0.1, -0.05) is 6.92 Å². The number of nitrogens with zero attached hydrogens (tertiary/aromatic N) is 2. The van der Waals surface area contributed by atoms with E-state index in [9.17, 15) is 13.2 Å². The second kappa shape index (κ2) is 9.75. The standard InChI is InChI=1S/C19H26F3N3O2/c1-4-6-25(2)13-18-17(12-23-24-18)14-9-15(19(20,21)22)11-16(10-14)27-8-5-7-26-3/h9-12H,4-8,13H2,1-3H3,(H,23,24). The average Bonchev–Trinajstić information content (AvgIpc) is 3.06. The van der Waals surface area contributed by atoms with Crippen LogP contribution in [0.2, 0.25) is 0 Å². The van der Waals surface area contributed by atoms with Crippen LogP contribution >= 0.6 is 0 Å². The largest absolute Gasteiger partial charge is 0.493 e. The lowest BCUT2D eigenvalue weighted by Gasteiger charge is -2.16. The van der Waals surface area contributed by atoms with Gasteiger partial charge >= 0.3 is 6.18 Å². The van der Waals surface area contributed by atoms with Gasteiger partial charge in [-0.3, -0.25) is 5.10 Å².